The van der Waals surface area contributed by atoms with Crippen LogP contribution in [0.4, 0.5) is 0 Å². The molecule has 0 spiro atoms. The first-order chi connectivity index (χ1) is 6.83. The van der Waals surface area contributed by atoms with E-state index in [2.05, 4.69) is 34.8 Å². The standard InChI is InChI=1S/C10H10N2S2/c1-7(14-13)9-6-11-12-10-5-3-2-4-8(9)10/h2-7,13H,1H3. The van der Waals surface area contributed by atoms with Crippen molar-refractivity contribution in [1.82, 2.24) is 10.2 Å². The minimum atomic E-state index is 0.332. The molecule has 2 aromatic rings. The molecule has 1 atom stereocenters. The van der Waals surface area contributed by atoms with Crippen molar-refractivity contribution in [3.8, 4) is 0 Å². The highest BCUT2D eigenvalue weighted by Crippen LogP contribution is 2.33. The van der Waals surface area contributed by atoms with E-state index in [1.807, 2.05) is 24.4 Å². The Kier molecular flexibility index (Phi) is 2.93. The molecule has 1 aromatic heterocycles. The Morgan fingerprint density at radius 2 is 2.14 bits per heavy atom. The van der Waals surface area contributed by atoms with Gasteiger partial charge >= 0.3 is 0 Å². The highest BCUT2D eigenvalue weighted by Gasteiger charge is 2.08. The van der Waals surface area contributed by atoms with Crippen LogP contribution in [0.3, 0.4) is 0 Å². The van der Waals surface area contributed by atoms with Gasteiger partial charge in [0.2, 0.25) is 0 Å². The van der Waals surface area contributed by atoms with Gasteiger partial charge in [-0.1, -0.05) is 29.0 Å². The summed E-state index contributed by atoms with van der Waals surface area (Å²) in [5.74, 6) is 0. The summed E-state index contributed by atoms with van der Waals surface area (Å²) >= 11 is 4.22. The Balaban J connectivity index is 2.65. The summed E-state index contributed by atoms with van der Waals surface area (Å²) in [5, 5.41) is 9.55. The van der Waals surface area contributed by atoms with Gasteiger partial charge < -0.3 is 0 Å². The van der Waals surface area contributed by atoms with Crippen LogP contribution >= 0.6 is 22.5 Å². The van der Waals surface area contributed by atoms with Crippen LogP contribution in [0.5, 0.6) is 0 Å². The fraction of sp³-hybridized carbons (Fsp3) is 0.200. The SMILES string of the molecule is CC(SS)c1cnnc2ccccc12. The third-order valence-corrected chi connectivity index (χ3v) is 3.69. The number of thiol groups is 1. The van der Waals surface area contributed by atoms with Crippen molar-refractivity contribution in [1.29, 1.82) is 0 Å². The van der Waals surface area contributed by atoms with Gasteiger partial charge in [-0.05, 0) is 18.6 Å². The first-order valence-electron chi connectivity index (χ1n) is 4.33. The zero-order valence-corrected chi connectivity index (χ0v) is 9.42. The van der Waals surface area contributed by atoms with Gasteiger partial charge in [0, 0.05) is 10.6 Å². The van der Waals surface area contributed by atoms with Gasteiger partial charge in [-0.2, -0.15) is 10.2 Å². The summed E-state index contributed by atoms with van der Waals surface area (Å²) in [4.78, 5) is 0. The predicted molar refractivity (Wildman–Crippen MR) is 64.5 cm³/mol. The molecule has 0 saturated carbocycles. The molecule has 0 saturated heterocycles. The Morgan fingerprint density at radius 3 is 2.93 bits per heavy atom. The summed E-state index contributed by atoms with van der Waals surface area (Å²) in [5.41, 5.74) is 2.13. The average Bonchev–Trinajstić information content (AvgIpc) is 2.27. The second-order valence-electron chi connectivity index (χ2n) is 3.06. The van der Waals surface area contributed by atoms with E-state index in [4.69, 9.17) is 0 Å². The zero-order chi connectivity index (χ0) is 9.97. The van der Waals surface area contributed by atoms with E-state index in [9.17, 15) is 0 Å². The highest BCUT2D eigenvalue weighted by molar-refractivity contribution is 8.68. The zero-order valence-electron chi connectivity index (χ0n) is 7.71. The number of nitrogens with zero attached hydrogens (tertiary/aromatic N) is 2. The van der Waals surface area contributed by atoms with Gasteiger partial charge in [-0.25, -0.2) is 0 Å². The van der Waals surface area contributed by atoms with E-state index in [0.29, 0.717) is 5.25 Å². The number of rotatable bonds is 2. The van der Waals surface area contributed by atoms with Crippen LogP contribution in [0.2, 0.25) is 0 Å². The number of hydrogen-bond donors (Lipinski definition) is 1. The lowest BCUT2D eigenvalue weighted by atomic mass is 10.1. The first-order valence-corrected chi connectivity index (χ1v) is 6.26. The molecular weight excluding hydrogens is 212 g/mol. The molecule has 2 nitrogen and oxygen atoms in total. The molecule has 1 aromatic carbocycles. The molecule has 0 aliphatic rings. The maximum atomic E-state index is 4.22. The molecule has 4 heteroatoms. The van der Waals surface area contributed by atoms with E-state index in [-0.39, 0.29) is 0 Å². The molecule has 2 rings (SSSR count). The highest BCUT2D eigenvalue weighted by atomic mass is 33.1. The number of benzene rings is 1. The van der Waals surface area contributed by atoms with Crippen molar-refractivity contribution in [3.63, 3.8) is 0 Å². The Morgan fingerprint density at radius 1 is 1.36 bits per heavy atom. The maximum Gasteiger partial charge on any atom is 0.0932 e. The minimum Gasteiger partial charge on any atom is -0.158 e. The van der Waals surface area contributed by atoms with Crippen molar-refractivity contribution in [2.45, 2.75) is 12.2 Å². The average molecular weight is 222 g/mol. The van der Waals surface area contributed by atoms with Crippen molar-refractivity contribution in [2.75, 3.05) is 0 Å². The summed E-state index contributed by atoms with van der Waals surface area (Å²) < 4.78 is 0. The van der Waals surface area contributed by atoms with Crippen LogP contribution in [0.1, 0.15) is 17.7 Å². The summed E-state index contributed by atoms with van der Waals surface area (Å²) in [6.45, 7) is 2.11. The van der Waals surface area contributed by atoms with Crippen LogP contribution in [0.25, 0.3) is 10.9 Å². The molecule has 0 N–H and O–H groups in total. The summed E-state index contributed by atoms with van der Waals surface area (Å²) in [6, 6.07) is 8.03. The summed E-state index contributed by atoms with van der Waals surface area (Å²) in [7, 11) is 1.52. The molecule has 1 heterocycles. The molecule has 1 unspecified atom stereocenters. The van der Waals surface area contributed by atoms with Crippen molar-refractivity contribution in [2.24, 2.45) is 0 Å². The van der Waals surface area contributed by atoms with Gasteiger partial charge in [0.25, 0.3) is 0 Å². The number of hydrogen-bond acceptors (Lipinski definition) is 4. The summed E-state index contributed by atoms with van der Waals surface area (Å²) in [6.07, 6.45) is 1.82. The van der Waals surface area contributed by atoms with E-state index >= 15 is 0 Å². The molecule has 0 radical (unpaired) electrons. The Bertz CT molecular complexity index is 440. The topological polar surface area (TPSA) is 25.8 Å². The Hall–Kier alpha value is -0.740. The van der Waals surface area contributed by atoms with Gasteiger partial charge in [0.1, 0.15) is 0 Å². The minimum absolute atomic E-state index is 0.332. The van der Waals surface area contributed by atoms with Gasteiger partial charge in [0.05, 0.1) is 11.7 Å². The molecule has 0 fully saturated rings. The molecule has 0 amide bonds. The smallest absolute Gasteiger partial charge is 0.0932 e. The van der Waals surface area contributed by atoms with E-state index < -0.39 is 0 Å². The largest absolute Gasteiger partial charge is 0.158 e. The van der Waals surface area contributed by atoms with Crippen LogP contribution < -0.4 is 0 Å². The Labute approximate surface area is 91.9 Å². The van der Waals surface area contributed by atoms with E-state index in [1.165, 1.54) is 16.4 Å². The molecule has 14 heavy (non-hydrogen) atoms. The van der Waals surface area contributed by atoms with E-state index in [0.717, 1.165) is 10.9 Å². The fourth-order valence-electron chi connectivity index (χ4n) is 1.41. The third-order valence-electron chi connectivity index (χ3n) is 2.17. The fourth-order valence-corrected chi connectivity index (χ4v) is 2.05. The van der Waals surface area contributed by atoms with Crippen LogP contribution in [0.15, 0.2) is 30.5 Å². The molecule has 0 aliphatic carbocycles. The van der Waals surface area contributed by atoms with E-state index in [1.54, 1.807) is 0 Å². The van der Waals surface area contributed by atoms with Gasteiger partial charge in [0.15, 0.2) is 0 Å². The predicted octanol–water partition coefficient (Wildman–Crippen LogP) is 3.27. The van der Waals surface area contributed by atoms with Crippen LogP contribution in [0, 0.1) is 0 Å². The number of aromatic nitrogens is 2. The van der Waals surface area contributed by atoms with Crippen LogP contribution in [-0.2, 0) is 0 Å². The lowest BCUT2D eigenvalue weighted by molar-refractivity contribution is 1.02. The number of fused-ring (bicyclic) bond motifs is 1. The second kappa shape index (κ2) is 4.19. The normalized spacial score (nSPS) is 13.0. The van der Waals surface area contributed by atoms with Crippen molar-refractivity contribution in [3.05, 3.63) is 36.0 Å². The molecular formula is C10H10N2S2. The van der Waals surface area contributed by atoms with Gasteiger partial charge in [-0.15, -0.1) is 11.7 Å². The third kappa shape index (κ3) is 1.72. The van der Waals surface area contributed by atoms with Crippen LogP contribution in [-0.4, -0.2) is 10.2 Å². The maximum absolute atomic E-state index is 4.22. The van der Waals surface area contributed by atoms with Crippen molar-refractivity contribution < 1.29 is 0 Å². The first kappa shape index (κ1) is 9.80. The lowest BCUT2D eigenvalue weighted by Crippen LogP contribution is -1.92. The molecule has 0 bridgehead atoms. The quantitative estimate of drug-likeness (QED) is 0.624. The molecule has 0 aliphatic heterocycles. The second-order valence-corrected chi connectivity index (χ2v) is 4.62. The molecule has 72 valence electrons. The van der Waals surface area contributed by atoms with Gasteiger partial charge in [-0.3, -0.25) is 0 Å². The lowest BCUT2D eigenvalue weighted by Gasteiger charge is -2.09. The monoisotopic (exact) mass is 222 g/mol. The van der Waals surface area contributed by atoms with Crippen molar-refractivity contribution >= 4 is 33.4 Å².